The largest absolute Gasteiger partial charge is 0.497 e. The van der Waals surface area contributed by atoms with Crippen molar-refractivity contribution in [3.05, 3.63) is 30.5 Å². The summed E-state index contributed by atoms with van der Waals surface area (Å²) < 4.78 is 5.23. The van der Waals surface area contributed by atoms with Gasteiger partial charge in [0.1, 0.15) is 11.6 Å². The molecule has 1 aromatic heterocycles. The zero-order valence-corrected chi connectivity index (χ0v) is 11.9. The molecule has 2 atom stereocenters. The van der Waals surface area contributed by atoms with Gasteiger partial charge in [-0.1, -0.05) is 0 Å². The molecule has 2 unspecified atom stereocenters. The van der Waals surface area contributed by atoms with Crippen molar-refractivity contribution in [2.24, 2.45) is 5.92 Å². The maximum absolute atomic E-state index is 11.0. The Morgan fingerprint density at radius 3 is 2.95 bits per heavy atom. The molecule has 5 heteroatoms. The van der Waals surface area contributed by atoms with Crippen LogP contribution in [0.3, 0.4) is 0 Å². The Hall–Kier alpha value is -2.30. The number of hydrogen-bond acceptors (Lipinski definition) is 4. The molecule has 3 rings (SSSR count). The van der Waals surface area contributed by atoms with E-state index in [0.717, 1.165) is 35.2 Å². The van der Waals surface area contributed by atoms with Crippen molar-refractivity contribution in [3.8, 4) is 5.75 Å². The molecule has 110 valence electrons. The van der Waals surface area contributed by atoms with E-state index in [1.54, 1.807) is 13.3 Å². The second-order valence-corrected chi connectivity index (χ2v) is 5.44. The quantitative estimate of drug-likeness (QED) is 0.904. The molecule has 1 aromatic carbocycles. The van der Waals surface area contributed by atoms with E-state index in [0.29, 0.717) is 6.42 Å². The molecule has 2 N–H and O–H groups in total. The highest BCUT2D eigenvalue weighted by Crippen LogP contribution is 2.31. The van der Waals surface area contributed by atoms with Crippen LogP contribution in [0.2, 0.25) is 0 Å². The van der Waals surface area contributed by atoms with E-state index >= 15 is 0 Å². The molecule has 1 saturated carbocycles. The minimum absolute atomic E-state index is 0.173. The van der Waals surface area contributed by atoms with Gasteiger partial charge in [-0.2, -0.15) is 0 Å². The maximum Gasteiger partial charge on any atom is 0.306 e. The minimum Gasteiger partial charge on any atom is -0.497 e. The van der Waals surface area contributed by atoms with Gasteiger partial charge in [-0.05, 0) is 48.9 Å². The Balaban J connectivity index is 1.83. The number of methoxy groups -OCH3 is 1. The number of carboxylic acids is 1. The monoisotopic (exact) mass is 286 g/mol. The first-order valence-electron chi connectivity index (χ1n) is 7.09. The van der Waals surface area contributed by atoms with E-state index in [9.17, 15) is 4.79 Å². The molecular weight excluding hydrogens is 268 g/mol. The van der Waals surface area contributed by atoms with Crippen LogP contribution in [-0.2, 0) is 4.79 Å². The van der Waals surface area contributed by atoms with Gasteiger partial charge in [0.15, 0.2) is 0 Å². The molecule has 0 spiro atoms. The van der Waals surface area contributed by atoms with Gasteiger partial charge in [-0.15, -0.1) is 0 Å². The average Bonchev–Trinajstić information content (AvgIpc) is 2.96. The Labute approximate surface area is 123 Å². The third-order valence-electron chi connectivity index (χ3n) is 4.09. The molecule has 0 amide bonds. The number of carbonyl (C=O) groups is 1. The molecule has 21 heavy (non-hydrogen) atoms. The number of ether oxygens (including phenoxy) is 1. The van der Waals surface area contributed by atoms with Crippen LogP contribution in [0.25, 0.3) is 10.8 Å². The van der Waals surface area contributed by atoms with E-state index in [-0.39, 0.29) is 12.0 Å². The van der Waals surface area contributed by atoms with Crippen LogP contribution in [0.15, 0.2) is 30.5 Å². The molecule has 2 aromatic rings. The first-order valence-corrected chi connectivity index (χ1v) is 7.09. The predicted octanol–water partition coefficient (Wildman–Crippen LogP) is 2.91. The van der Waals surface area contributed by atoms with Gasteiger partial charge in [-0.3, -0.25) is 4.79 Å². The number of nitrogens with one attached hydrogen (secondary N) is 1. The number of carboxylic acid groups (broad SMARTS) is 1. The summed E-state index contributed by atoms with van der Waals surface area (Å²) in [6, 6.07) is 7.97. The van der Waals surface area contributed by atoms with Crippen molar-refractivity contribution >= 4 is 22.6 Å². The molecule has 1 aliphatic carbocycles. The molecule has 1 aliphatic rings. The van der Waals surface area contributed by atoms with Gasteiger partial charge in [0.25, 0.3) is 0 Å². The van der Waals surface area contributed by atoms with Gasteiger partial charge in [0.2, 0.25) is 0 Å². The van der Waals surface area contributed by atoms with Crippen molar-refractivity contribution in [2.75, 3.05) is 12.4 Å². The first-order chi connectivity index (χ1) is 10.2. The summed E-state index contributed by atoms with van der Waals surface area (Å²) >= 11 is 0. The van der Waals surface area contributed by atoms with Gasteiger partial charge in [0.05, 0.1) is 13.0 Å². The summed E-state index contributed by atoms with van der Waals surface area (Å²) in [5, 5.41) is 14.5. The lowest BCUT2D eigenvalue weighted by molar-refractivity contribution is -0.141. The van der Waals surface area contributed by atoms with Crippen LogP contribution < -0.4 is 10.1 Å². The number of benzene rings is 1. The second-order valence-electron chi connectivity index (χ2n) is 5.44. The Morgan fingerprint density at radius 2 is 2.24 bits per heavy atom. The molecule has 5 nitrogen and oxygen atoms in total. The van der Waals surface area contributed by atoms with Crippen LogP contribution in [0, 0.1) is 5.92 Å². The summed E-state index contributed by atoms with van der Waals surface area (Å²) in [7, 11) is 1.64. The number of hydrogen-bond donors (Lipinski definition) is 2. The van der Waals surface area contributed by atoms with Crippen LogP contribution in [0.5, 0.6) is 5.75 Å². The second kappa shape index (κ2) is 5.60. The van der Waals surface area contributed by atoms with Gasteiger partial charge >= 0.3 is 5.97 Å². The third-order valence-corrected chi connectivity index (χ3v) is 4.09. The smallest absolute Gasteiger partial charge is 0.306 e. The van der Waals surface area contributed by atoms with Crippen molar-refractivity contribution < 1.29 is 14.6 Å². The first kappa shape index (κ1) is 13.7. The highest BCUT2D eigenvalue weighted by Gasteiger charge is 2.29. The molecule has 1 fully saturated rings. The SMILES string of the molecule is COc1ccc2c(NC3CCC(C(=O)O)C3)nccc2c1. The van der Waals surface area contributed by atoms with Gasteiger partial charge in [0, 0.05) is 17.6 Å². The topological polar surface area (TPSA) is 71.5 Å². The molecule has 1 heterocycles. The fourth-order valence-electron chi connectivity index (χ4n) is 2.93. The third kappa shape index (κ3) is 2.77. The highest BCUT2D eigenvalue weighted by molar-refractivity contribution is 5.92. The average molecular weight is 286 g/mol. The highest BCUT2D eigenvalue weighted by atomic mass is 16.5. The number of aromatic nitrogens is 1. The van der Waals surface area contributed by atoms with Crippen LogP contribution >= 0.6 is 0 Å². The van der Waals surface area contributed by atoms with Gasteiger partial charge in [-0.25, -0.2) is 4.98 Å². The number of anilines is 1. The minimum atomic E-state index is -0.699. The Bertz CT molecular complexity index is 672. The van der Waals surface area contributed by atoms with Gasteiger partial charge < -0.3 is 15.2 Å². The summed E-state index contributed by atoms with van der Waals surface area (Å²) in [6.45, 7) is 0. The summed E-state index contributed by atoms with van der Waals surface area (Å²) in [4.78, 5) is 15.4. The zero-order chi connectivity index (χ0) is 14.8. The van der Waals surface area contributed by atoms with Crippen LogP contribution in [0.4, 0.5) is 5.82 Å². The molecular formula is C16H18N2O3. The van der Waals surface area contributed by atoms with E-state index in [1.165, 1.54) is 0 Å². The molecule has 0 bridgehead atoms. The normalized spacial score (nSPS) is 21.4. The lowest BCUT2D eigenvalue weighted by atomic mass is 10.1. The standard InChI is InChI=1S/C16H18N2O3/c1-21-13-4-5-14-10(9-13)6-7-17-15(14)18-12-3-2-11(8-12)16(19)20/h4-7,9,11-12H,2-3,8H2,1H3,(H,17,18)(H,19,20). The van der Waals surface area contributed by atoms with Crippen LogP contribution in [-0.4, -0.2) is 29.2 Å². The number of rotatable bonds is 4. The summed E-state index contributed by atoms with van der Waals surface area (Å²) in [6.07, 6.45) is 4.01. The number of pyridine rings is 1. The predicted molar refractivity (Wildman–Crippen MR) is 80.7 cm³/mol. The van der Waals surface area contributed by atoms with E-state index in [2.05, 4.69) is 10.3 Å². The lowest BCUT2D eigenvalue weighted by Crippen LogP contribution is -2.18. The fraction of sp³-hybridized carbons (Fsp3) is 0.375. The van der Waals surface area contributed by atoms with Crippen molar-refractivity contribution in [2.45, 2.75) is 25.3 Å². The van der Waals surface area contributed by atoms with E-state index in [4.69, 9.17) is 9.84 Å². The number of fused-ring (bicyclic) bond motifs is 1. The summed E-state index contributed by atoms with van der Waals surface area (Å²) in [5.41, 5.74) is 0. The van der Waals surface area contributed by atoms with Crippen molar-refractivity contribution in [1.82, 2.24) is 4.98 Å². The Morgan fingerprint density at radius 1 is 1.38 bits per heavy atom. The lowest BCUT2D eigenvalue weighted by Gasteiger charge is -2.15. The zero-order valence-electron chi connectivity index (χ0n) is 11.9. The molecule has 0 radical (unpaired) electrons. The Kier molecular flexibility index (Phi) is 3.64. The van der Waals surface area contributed by atoms with Crippen molar-refractivity contribution in [3.63, 3.8) is 0 Å². The number of aliphatic carboxylic acids is 1. The molecule has 0 saturated heterocycles. The van der Waals surface area contributed by atoms with E-state index < -0.39 is 5.97 Å². The maximum atomic E-state index is 11.0. The van der Waals surface area contributed by atoms with Crippen LogP contribution in [0.1, 0.15) is 19.3 Å². The van der Waals surface area contributed by atoms with E-state index in [1.807, 2.05) is 24.3 Å². The molecule has 0 aliphatic heterocycles. The summed E-state index contributed by atoms with van der Waals surface area (Å²) in [5.74, 6) is 0.685. The van der Waals surface area contributed by atoms with Crippen molar-refractivity contribution in [1.29, 1.82) is 0 Å². The fourth-order valence-corrected chi connectivity index (χ4v) is 2.93. The number of nitrogens with zero attached hydrogens (tertiary/aromatic N) is 1.